The van der Waals surface area contributed by atoms with E-state index >= 15 is 0 Å². The maximum Gasteiger partial charge on any atom is 0.0444 e. The topological polar surface area (TPSA) is 73.4 Å². The molecule has 0 aliphatic rings. The van der Waals surface area contributed by atoms with Gasteiger partial charge in [-0.05, 0) is 32.4 Å². The fraction of sp³-hybridized carbons (Fsp3) is 0.250. The quantitative estimate of drug-likeness (QED) is 0.248. The summed E-state index contributed by atoms with van der Waals surface area (Å²) in [5, 5.41) is 4.24. The number of aromatic nitrogens is 2. The summed E-state index contributed by atoms with van der Waals surface area (Å²) < 4.78 is 0. The molecular formula is C8H8Cl2I2N4PtS2. The summed E-state index contributed by atoms with van der Waals surface area (Å²) in [6, 6.07) is 0. The Morgan fingerprint density at radius 1 is 1.00 bits per heavy atom. The molecule has 2 N–H and O–H groups in total. The van der Waals surface area contributed by atoms with E-state index in [0.717, 1.165) is 11.4 Å². The zero-order valence-corrected chi connectivity index (χ0v) is 18.8. The molecule has 11 heteroatoms. The number of halogens is 4. The minimum atomic E-state index is 0.334. The first kappa shape index (κ1) is 20.6. The normalized spacial score (nSPS) is 9.26. The van der Waals surface area contributed by atoms with E-state index in [9.17, 15) is 0 Å². The van der Waals surface area contributed by atoms with Crippen LogP contribution in [0.15, 0.2) is 10.8 Å². The molecule has 4 nitrogen and oxygen atoms in total. The molecule has 0 saturated heterocycles. The molecule has 19 heavy (non-hydrogen) atoms. The van der Waals surface area contributed by atoms with Gasteiger partial charge in [0.05, 0.1) is 0 Å². The van der Waals surface area contributed by atoms with Crippen molar-refractivity contribution in [3.8, 4) is 0 Å². The van der Waals surface area contributed by atoms with Crippen LogP contribution in [0.5, 0.6) is 0 Å². The van der Waals surface area contributed by atoms with Gasteiger partial charge >= 0.3 is 49.9 Å². The molecule has 2 aromatic rings. The van der Waals surface area contributed by atoms with E-state index in [-0.39, 0.29) is 0 Å². The number of rotatable bonds is 2. The summed E-state index contributed by atoms with van der Waals surface area (Å²) >= 11 is 18.7. The van der Waals surface area contributed by atoms with E-state index < -0.39 is 0 Å². The molecule has 0 spiro atoms. The average molecular weight is 744 g/mol. The van der Waals surface area contributed by atoms with E-state index in [0.29, 0.717) is 33.2 Å². The molecule has 0 aliphatic heterocycles. The van der Waals surface area contributed by atoms with Crippen molar-refractivity contribution in [2.45, 2.75) is 11.8 Å². The van der Waals surface area contributed by atoms with Crippen LogP contribution in [0.1, 0.15) is 11.4 Å². The summed E-state index contributed by atoms with van der Waals surface area (Å²) in [6.07, 6.45) is 0. The van der Waals surface area contributed by atoms with E-state index in [1.807, 2.05) is 0 Å². The van der Waals surface area contributed by atoms with Crippen molar-refractivity contribution in [3.63, 3.8) is 0 Å². The summed E-state index contributed by atoms with van der Waals surface area (Å²) in [5.41, 5.74) is 15.5. The third-order valence-electron chi connectivity index (χ3n) is 1.38. The van der Waals surface area contributed by atoms with Crippen LogP contribution < -0.4 is 0 Å². The fourth-order valence-corrected chi connectivity index (χ4v) is 2.30. The molecule has 110 valence electrons. The number of alkyl halides is 2. The molecule has 0 radical (unpaired) electrons. The van der Waals surface area contributed by atoms with Gasteiger partial charge in [-0.25, -0.2) is 0 Å². The van der Waals surface area contributed by atoms with Gasteiger partial charge in [-0.1, -0.05) is 0 Å². The Hall–Kier alpha value is 1.59. The minimum absolute atomic E-state index is 0.334. The van der Waals surface area contributed by atoms with Crippen molar-refractivity contribution in [1.82, 2.24) is 9.97 Å². The molecule has 2 aromatic heterocycles. The largest absolute Gasteiger partial charge is 0.473 e. The van der Waals surface area contributed by atoms with Crippen LogP contribution >= 0.6 is 84.6 Å². The van der Waals surface area contributed by atoms with E-state index in [1.54, 1.807) is 10.8 Å². The molecular weight excluding hydrogens is 736 g/mol. The predicted octanol–water partition coefficient (Wildman–Crippen LogP) is 6.90. The van der Waals surface area contributed by atoms with Crippen molar-refractivity contribution in [2.24, 2.45) is 0 Å². The second-order valence-electron chi connectivity index (χ2n) is 2.60. The van der Waals surface area contributed by atoms with Gasteiger partial charge in [-0.15, -0.1) is 23.2 Å². The van der Waals surface area contributed by atoms with Crippen LogP contribution in [-0.2, 0) is 23.0 Å². The first-order chi connectivity index (χ1) is 9.07. The second kappa shape index (κ2) is 13.3. The van der Waals surface area contributed by atoms with Crippen LogP contribution in [0, 0.1) is 0 Å². The molecule has 0 amide bonds. The number of nitrogens with zero attached hydrogens (tertiary/aromatic N) is 2. The van der Waals surface area contributed by atoms with Crippen molar-refractivity contribution in [3.05, 3.63) is 33.6 Å². The Labute approximate surface area is 159 Å². The van der Waals surface area contributed by atoms with Crippen molar-refractivity contribution < 1.29 is 11.2 Å². The number of hydrogen-bond donors (Lipinski definition) is 0. The average Bonchev–Trinajstić information content (AvgIpc) is 2.99. The SMILES string of the molecule is [I][Pt+2][I].[NH-]c1nc(CCl)cs1.[NH-]c1nc(CCl)cs1. The van der Waals surface area contributed by atoms with Gasteiger partial charge in [0.25, 0.3) is 0 Å². The molecule has 0 saturated carbocycles. The van der Waals surface area contributed by atoms with Gasteiger partial charge < -0.3 is 21.4 Å². The first-order valence-corrected chi connectivity index (χ1v) is 20.0. The molecule has 0 aliphatic carbocycles. The molecule has 0 atom stereocenters. The number of thiazole rings is 2. The van der Waals surface area contributed by atoms with Crippen molar-refractivity contribution in [1.29, 1.82) is 0 Å². The van der Waals surface area contributed by atoms with Gasteiger partial charge in [-0.2, -0.15) is 22.7 Å². The molecule has 2 rings (SSSR count). The summed E-state index contributed by atoms with van der Waals surface area (Å²) in [4.78, 5) is 7.56. The van der Waals surface area contributed by atoms with Gasteiger partial charge in [0, 0.05) is 11.8 Å². The monoisotopic (exact) mass is 743 g/mol. The molecule has 0 fully saturated rings. The van der Waals surface area contributed by atoms with Crippen LogP contribution in [0.25, 0.3) is 11.5 Å². The predicted molar refractivity (Wildman–Crippen MR) is 99.3 cm³/mol. The minimum Gasteiger partial charge on any atom is -0.473 e. The zero-order valence-electron chi connectivity index (χ0n) is 9.11. The van der Waals surface area contributed by atoms with Crippen LogP contribution in [0.3, 0.4) is 0 Å². The number of hydrogen-bond acceptors (Lipinski definition) is 4. The number of nitrogens with one attached hydrogen (secondary N) is 2. The Balaban J connectivity index is 0.000000284. The third kappa shape index (κ3) is 10.9. The van der Waals surface area contributed by atoms with E-state index in [1.165, 1.54) is 22.7 Å². The fourth-order valence-electron chi connectivity index (χ4n) is 0.737. The van der Waals surface area contributed by atoms with E-state index in [4.69, 9.17) is 34.7 Å². The van der Waals surface area contributed by atoms with Crippen molar-refractivity contribution in [2.75, 3.05) is 0 Å². The molecule has 0 unspecified atom stereocenters. The molecule has 0 bridgehead atoms. The van der Waals surface area contributed by atoms with Crippen LogP contribution in [0.4, 0.5) is 10.3 Å². The Bertz CT molecular complexity index is 417. The van der Waals surface area contributed by atoms with Gasteiger partial charge in [-0.3, -0.25) is 0 Å². The molecule has 0 aromatic carbocycles. The van der Waals surface area contributed by atoms with Crippen LogP contribution in [-0.4, -0.2) is 9.97 Å². The van der Waals surface area contributed by atoms with Crippen LogP contribution in [0.2, 0.25) is 0 Å². The maximum absolute atomic E-state index is 6.97. The Morgan fingerprint density at radius 2 is 1.32 bits per heavy atom. The second-order valence-corrected chi connectivity index (χ2v) is 21.4. The summed E-state index contributed by atoms with van der Waals surface area (Å²) in [7, 11) is 0. The first-order valence-electron chi connectivity index (χ1n) is 4.33. The van der Waals surface area contributed by atoms with Gasteiger partial charge in [0.1, 0.15) is 0 Å². The Kier molecular flexibility index (Phi) is 14.4. The summed E-state index contributed by atoms with van der Waals surface area (Å²) in [5.74, 6) is 0.824. The maximum atomic E-state index is 6.97. The Morgan fingerprint density at radius 3 is 1.42 bits per heavy atom. The third-order valence-corrected chi connectivity index (χ3v) is 3.33. The summed E-state index contributed by atoms with van der Waals surface area (Å²) in [6.45, 7) is 0. The van der Waals surface area contributed by atoms with Gasteiger partial charge in [0.15, 0.2) is 0 Å². The van der Waals surface area contributed by atoms with E-state index in [2.05, 4.69) is 48.7 Å². The van der Waals surface area contributed by atoms with Crippen molar-refractivity contribution >= 4 is 94.8 Å². The molecule has 2 heterocycles. The standard InChI is InChI=1S/2C4H4ClN2S.2HI.Pt/c2*5-1-3-2-8-4(6)7-3;;;/h2*2H,1H2,(H-,6,7);2*1H;/q2*-1;;;+4/p-2. The van der Waals surface area contributed by atoms with Gasteiger partial charge in [0.2, 0.25) is 0 Å². The smallest absolute Gasteiger partial charge is 0.0444 e. The zero-order chi connectivity index (χ0) is 14.7.